The number of aryl methyl sites for hydroxylation is 1. The fourth-order valence-corrected chi connectivity index (χ4v) is 3.21. The van der Waals surface area contributed by atoms with Crippen LogP contribution in [-0.2, 0) is 0 Å². The molecule has 0 amide bonds. The number of imidazole rings is 1. The first kappa shape index (κ1) is 11.8. The summed E-state index contributed by atoms with van der Waals surface area (Å²) in [6.45, 7) is 2.05. The monoisotopic (exact) mass is 297 g/mol. The first-order valence-electron chi connectivity index (χ1n) is 5.25. The molecule has 3 heterocycles. The van der Waals surface area contributed by atoms with E-state index in [0.29, 0.717) is 21.5 Å². The molecule has 0 aromatic carbocycles. The number of rotatable bonds is 1. The molecule has 0 spiro atoms. The van der Waals surface area contributed by atoms with Gasteiger partial charge in [0.25, 0.3) is 0 Å². The number of aromatic nitrogens is 2. The van der Waals surface area contributed by atoms with Crippen LogP contribution in [0.4, 0.5) is 5.82 Å². The number of thiophene rings is 1. The summed E-state index contributed by atoms with van der Waals surface area (Å²) >= 11 is 13.7. The van der Waals surface area contributed by atoms with Crippen molar-refractivity contribution in [1.82, 2.24) is 9.38 Å². The summed E-state index contributed by atoms with van der Waals surface area (Å²) in [6, 6.07) is 5.71. The van der Waals surface area contributed by atoms with Crippen LogP contribution in [0.1, 0.15) is 4.88 Å². The molecule has 3 rings (SSSR count). The number of pyridine rings is 1. The van der Waals surface area contributed by atoms with Gasteiger partial charge in [-0.05, 0) is 25.1 Å². The third kappa shape index (κ3) is 1.77. The second-order valence-corrected chi connectivity index (χ2v) is 6.09. The molecule has 6 heteroatoms. The van der Waals surface area contributed by atoms with E-state index in [-0.39, 0.29) is 0 Å². The lowest BCUT2D eigenvalue weighted by Gasteiger charge is -1.99. The highest BCUT2D eigenvalue weighted by molar-refractivity contribution is 7.15. The average molecular weight is 298 g/mol. The largest absolute Gasteiger partial charge is 0.383 e. The van der Waals surface area contributed by atoms with E-state index in [1.165, 1.54) is 4.88 Å². The molecule has 0 aliphatic rings. The van der Waals surface area contributed by atoms with Crippen molar-refractivity contribution in [3.05, 3.63) is 39.3 Å². The first-order chi connectivity index (χ1) is 8.56. The van der Waals surface area contributed by atoms with E-state index < -0.39 is 0 Å². The van der Waals surface area contributed by atoms with Crippen molar-refractivity contribution in [2.75, 3.05) is 5.73 Å². The summed E-state index contributed by atoms with van der Waals surface area (Å²) in [5, 5.41) is 1.03. The van der Waals surface area contributed by atoms with E-state index in [9.17, 15) is 0 Å². The lowest BCUT2D eigenvalue weighted by atomic mass is 10.3. The molecule has 0 bridgehead atoms. The van der Waals surface area contributed by atoms with Gasteiger partial charge in [0.2, 0.25) is 0 Å². The van der Waals surface area contributed by atoms with Gasteiger partial charge in [-0.3, -0.25) is 4.40 Å². The molecule has 3 aromatic rings. The third-order valence-electron chi connectivity index (χ3n) is 2.65. The lowest BCUT2D eigenvalue weighted by Crippen LogP contribution is -1.93. The maximum absolute atomic E-state index is 6.12. The van der Waals surface area contributed by atoms with E-state index in [0.717, 1.165) is 10.6 Å². The Morgan fingerprint density at radius 2 is 2.11 bits per heavy atom. The Balaban J connectivity index is 2.32. The number of nitrogens with zero attached hydrogens (tertiary/aromatic N) is 2. The van der Waals surface area contributed by atoms with Crippen molar-refractivity contribution in [1.29, 1.82) is 0 Å². The standard InChI is InChI=1S/C12H9Cl2N3S/c1-6-2-3-9(18-6)10-11(15)17-5-7(13)4-8(14)12(17)16-10/h2-5H,15H2,1H3. The Hall–Kier alpha value is -1.23. The maximum atomic E-state index is 6.12. The Bertz CT molecular complexity index is 745. The third-order valence-corrected chi connectivity index (χ3v) is 4.14. The van der Waals surface area contributed by atoms with Gasteiger partial charge < -0.3 is 5.73 Å². The van der Waals surface area contributed by atoms with Gasteiger partial charge in [0.1, 0.15) is 11.5 Å². The Morgan fingerprint density at radius 3 is 2.78 bits per heavy atom. The van der Waals surface area contributed by atoms with E-state index in [4.69, 9.17) is 28.9 Å². The molecular formula is C12H9Cl2N3S. The van der Waals surface area contributed by atoms with Crippen LogP contribution in [-0.4, -0.2) is 9.38 Å². The van der Waals surface area contributed by atoms with Gasteiger partial charge in [-0.1, -0.05) is 23.2 Å². The molecule has 0 radical (unpaired) electrons. The van der Waals surface area contributed by atoms with Crippen LogP contribution < -0.4 is 5.73 Å². The number of nitrogen functional groups attached to an aromatic ring is 1. The molecule has 0 saturated heterocycles. The highest BCUT2D eigenvalue weighted by Gasteiger charge is 2.15. The molecular weight excluding hydrogens is 289 g/mol. The van der Waals surface area contributed by atoms with Crippen LogP contribution in [0.15, 0.2) is 24.4 Å². The molecule has 0 saturated carbocycles. The minimum Gasteiger partial charge on any atom is -0.383 e. The summed E-state index contributed by atoms with van der Waals surface area (Å²) in [6.07, 6.45) is 1.72. The van der Waals surface area contributed by atoms with Crippen molar-refractivity contribution in [2.45, 2.75) is 6.92 Å². The minimum absolute atomic E-state index is 0.494. The predicted molar refractivity (Wildman–Crippen MR) is 77.7 cm³/mol. The van der Waals surface area contributed by atoms with Crippen molar-refractivity contribution in [2.24, 2.45) is 0 Å². The first-order valence-corrected chi connectivity index (χ1v) is 6.83. The van der Waals surface area contributed by atoms with Crippen LogP contribution >= 0.6 is 34.5 Å². The van der Waals surface area contributed by atoms with Crippen LogP contribution in [0.3, 0.4) is 0 Å². The second-order valence-electron chi connectivity index (χ2n) is 3.96. The number of nitrogens with two attached hydrogens (primary N) is 1. The Morgan fingerprint density at radius 1 is 1.33 bits per heavy atom. The zero-order chi connectivity index (χ0) is 12.9. The van der Waals surface area contributed by atoms with E-state index >= 15 is 0 Å². The number of hydrogen-bond acceptors (Lipinski definition) is 3. The second kappa shape index (κ2) is 4.16. The van der Waals surface area contributed by atoms with Gasteiger partial charge >= 0.3 is 0 Å². The van der Waals surface area contributed by atoms with Gasteiger partial charge in [0.15, 0.2) is 5.65 Å². The van der Waals surface area contributed by atoms with Gasteiger partial charge in [-0.25, -0.2) is 4.98 Å². The van der Waals surface area contributed by atoms with Gasteiger partial charge in [-0.15, -0.1) is 11.3 Å². The van der Waals surface area contributed by atoms with Crippen LogP contribution in [0.5, 0.6) is 0 Å². The average Bonchev–Trinajstić information content (AvgIpc) is 2.85. The summed E-state index contributed by atoms with van der Waals surface area (Å²) in [5.41, 5.74) is 7.48. The van der Waals surface area contributed by atoms with E-state index in [1.54, 1.807) is 28.0 Å². The maximum Gasteiger partial charge on any atom is 0.158 e. The molecule has 0 aliphatic heterocycles. The summed E-state index contributed by atoms with van der Waals surface area (Å²) < 4.78 is 1.72. The van der Waals surface area contributed by atoms with Crippen molar-refractivity contribution < 1.29 is 0 Å². The molecule has 3 nitrogen and oxygen atoms in total. The number of halogens is 2. The van der Waals surface area contributed by atoms with Gasteiger partial charge in [0, 0.05) is 11.1 Å². The quantitative estimate of drug-likeness (QED) is 0.729. The zero-order valence-corrected chi connectivity index (χ0v) is 11.8. The molecule has 0 unspecified atom stereocenters. The Kier molecular flexibility index (Phi) is 2.73. The van der Waals surface area contributed by atoms with Gasteiger partial charge in [-0.2, -0.15) is 0 Å². The van der Waals surface area contributed by atoms with Crippen LogP contribution in [0.25, 0.3) is 16.2 Å². The number of hydrogen-bond donors (Lipinski definition) is 1. The Labute approximate surface area is 118 Å². The van der Waals surface area contributed by atoms with Crippen LogP contribution in [0.2, 0.25) is 10.0 Å². The molecule has 18 heavy (non-hydrogen) atoms. The number of fused-ring (bicyclic) bond motifs is 1. The minimum atomic E-state index is 0.494. The fraction of sp³-hybridized carbons (Fsp3) is 0.0833. The zero-order valence-electron chi connectivity index (χ0n) is 9.45. The SMILES string of the molecule is Cc1ccc(-c2nc3c(Cl)cc(Cl)cn3c2N)s1. The number of anilines is 1. The summed E-state index contributed by atoms with van der Waals surface area (Å²) in [7, 11) is 0. The highest BCUT2D eigenvalue weighted by Crippen LogP contribution is 2.34. The fourth-order valence-electron chi connectivity index (χ4n) is 1.83. The molecule has 0 atom stereocenters. The highest BCUT2D eigenvalue weighted by atomic mass is 35.5. The molecule has 3 aromatic heterocycles. The summed E-state index contributed by atoms with van der Waals surface area (Å²) in [4.78, 5) is 6.74. The van der Waals surface area contributed by atoms with Crippen molar-refractivity contribution >= 4 is 46.0 Å². The topological polar surface area (TPSA) is 43.3 Å². The predicted octanol–water partition coefficient (Wildman–Crippen LogP) is 4.26. The molecule has 92 valence electrons. The summed E-state index contributed by atoms with van der Waals surface area (Å²) in [5.74, 6) is 0.552. The van der Waals surface area contributed by atoms with Gasteiger partial charge in [0.05, 0.1) is 14.9 Å². The van der Waals surface area contributed by atoms with E-state index in [2.05, 4.69) is 4.98 Å². The van der Waals surface area contributed by atoms with Crippen LogP contribution in [0, 0.1) is 6.92 Å². The van der Waals surface area contributed by atoms with Crippen molar-refractivity contribution in [3.63, 3.8) is 0 Å². The van der Waals surface area contributed by atoms with E-state index in [1.807, 2.05) is 19.1 Å². The molecule has 2 N–H and O–H groups in total. The molecule has 0 aliphatic carbocycles. The molecule has 0 fully saturated rings. The lowest BCUT2D eigenvalue weighted by molar-refractivity contribution is 1.20. The van der Waals surface area contributed by atoms with Crippen molar-refractivity contribution in [3.8, 4) is 10.6 Å². The smallest absolute Gasteiger partial charge is 0.158 e. The normalized spacial score (nSPS) is 11.3.